The minimum Gasteiger partial charge on any atom is -0.455 e. The van der Waals surface area contributed by atoms with Crippen molar-refractivity contribution < 1.29 is 100 Å². The minimum atomic E-state index is -2.64. The maximum absolute atomic E-state index is 16.1. The summed E-state index contributed by atoms with van der Waals surface area (Å²) in [5.41, 5.74) is -4.70. The molecule has 97 heavy (non-hydrogen) atoms. The molecule has 0 radical (unpaired) electrons. The van der Waals surface area contributed by atoms with Crippen LogP contribution in [0.2, 0.25) is 0 Å². The third-order valence-electron chi connectivity index (χ3n) is 19.2. The Morgan fingerprint density at radius 1 is 0.918 bits per heavy atom. The lowest BCUT2D eigenvalue weighted by Gasteiger charge is -2.67. The zero-order valence-corrected chi connectivity index (χ0v) is 58.6. The van der Waals surface area contributed by atoms with Gasteiger partial charge in [0.2, 0.25) is 17.9 Å². The number of carbonyl (C=O) groups excluding carboxylic acids is 10. The maximum atomic E-state index is 16.1. The van der Waals surface area contributed by atoms with Crippen LogP contribution in [-0.2, 0) is 73.1 Å². The first kappa shape index (κ1) is 74.4. The Labute approximate surface area is 573 Å². The molecule has 0 aromatic heterocycles. The minimum absolute atomic E-state index is 0.0307. The molecule has 3 saturated carbocycles. The summed E-state index contributed by atoms with van der Waals surface area (Å²) in [6.07, 6.45) is -8.60. The second-order valence-electron chi connectivity index (χ2n) is 28.2. The van der Waals surface area contributed by atoms with Gasteiger partial charge in [-0.25, -0.2) is 28.0 Å². The largest absolute Gasteiger partial charge is 0.455 e. The monoisotopic (exact) mass is 1410 g/mol. The molecule has 2 aromatic carbocycles. The van der Waals surface area contributed by atoms with E-state index < -0.39 is 161 Å². The number of aliphatic hydroxyl groups is 2. The second-order valence-corrected chi connectivity index (χ2v) is 32.1. The highest BCUT2D eigenvalue weighted by Crippen LogP contribution is 2.65. The molecule has 5 amide bonds. The average molecular weight is 1410 g/mol. The third-order valence-corrected chi connectivity index (χ3v) is 23.8. The van der Waals surface area contributed by atoms with E-state index in [4.69, 9.17) is 33.2 Å². The summed E-state index contributed by atoms with van der Waals surface area (Å²) in [7, 11) is 2.49. The van der Waals surface area contributed by atoms with Crippen LogP contribution < -0.4 is 26.8 Å². The number of thioether (sulfide) groups is 1. The number of halogens is 2. The number of hydrogen-bond donors (Lipinski definition) is 7. The van der Waals surface area contributed by atoms with Crippen LogP contribution >= 0.6 is 33.3 Å². The summed E-state index contributed by atoms with van der Waals surface area (Å²) in [5.74, 6) is -10.2. The molecule has 0 spiro atoms. The van der Waals surface area contributed by atoms with Gasteiger partial charge in [-0.15, -0.1) is 0 Å². The Morgan fingerprint density at radius 2 is 1.62 bits per heavy atom. The van der Waals surface area contributed by atoms with Gasteiger partial charge in [-0.1, -0.05) is 66.5 Å². The first-order valence-corrected chi connectivity index (χ1v) is 35.9. The van der Waals surface area contributed by atoms with Gasteiger partial charge >= 0.3 is 42.0 Å². The lowest BCUT2D eigenvalue weighted by molar-refractivity contribution is -0.346. The van der Waals surface area contributed by atoms with Crippen molar-refractivity contribution in [1.82, 2.24) is 26.8 Å². The van der Waals surface area contributed by atoms with E-state index in [1.165, 1.54) is 79.6 Å². The number of benzene rings is 2. The fraction of sp³-hybridized carbons (Fsp3) is 0.618. The van der Waals surface area contributed by atoms with Crippen LogP contribution in [0.3, 0.4) is 0 Å². The number of urea groups is 1. The average Bonchev–Trinajstić information content (AvgIpc) is 1.58. The Hall–Kier alpha value is -6.79. The molecule has 15 atom stereocenters. The van der Waals surface area contributed by atoms with Crippen LogP contribution in [0.15, 0.2) is 70.2 Å². The molecule has 1 unspecified atom stereocenters. The van der Waals surface area contributed by atoms with Crippen molar-refractivity contribution in [1.29, 1.82) is 0 Å². The van der Waals surface area contributed by atoms with Crippen LogP contribution in [0.25, 0.3) is 0 Å². The quantitative estimate of drug-likeness (QED) is 0.0101. The highest BCUT2D eigenvalue weighted by molar-refractivity contribution is 8.77. The molecule has 29 heteroatoms. The van der Waals surface area contributed by atoms with Crippen LogP contribution in [-0.4, -0.2) is 164 Å². The molecule has 3 saturated heterocycles. The van der Waals surface area contributed by atoms with Gasteiger partial charge in [-0.3, -0.25) is 39.6 Å². The normalized spacial score (nSPS) is 29.2. The second kappa shape index (κ2) is 30.0. The highest BCUT2D eigenvalue weighted by Gasteiger charge is 2.78. The number of fused-ring (bicyclic) bond motifs is 6. The molecule has 2 aromatic rings. The molecule has 4 aliphatic carbocycles. The molecular weight excluding hydrogens is 1320 g/mol. The first-order valence-electron chi connectivity index (χ1n) is 32.6. The number of carbonyl (C=O) groups is 10. The van der Waals surface area contributed by atoms with Crippen molar-refractivity contribution in [2.24, 2.45) is 22.7 Å². The molecule has 3 heterocycles. The van der Waals surface area contributed by atoms with Crippen molar-refractivity contribution >= 4 is 92.9 Å². The van der Waals surface area contributed by atoms with Gasteiger partial charge in [0.25, 0.3) is 0 Å². The topological polar surface area (TPSA) is 336 Å². The van der Waals surface area contributed by atoms with E-state index in [9.17, 15) is 53.0 Å². The van der Waals surface area contributed by atoms with Gasteiger partial charge in [0.1, 0.15) is 41.1 Å². The van der Waals surface area contributed by atoms with E-state index in [0.29, 0.717) is 36.2 Å². The first-order chi connectivity index (χ1) is 45.5. The summed E-state index contributed by atoms with van der Waals surface area (Å²) in [5, 5.41) is 35.1. The predicted octanol–water partition coefficient (Wildman–Crippen LogP) is 7.67. The lowest BCUT2D eigenvalue weighted by atomic mass is 9.44. The van der Waals surface area contributed by atoms with Gasteiger partial charge in [0.05, 0.1) is 60.1 Å². The fourth-order valence-corrected chi connectivity index (χ4v) is 18.0. The summed E-state index contributed by atoms with van der Waals surface area (Å²) in [6.45, 7) is 16.3. The SMILES string of the molecule is CC(=O)O[C@@]12CO[C@@H]1C[C@H](O)[C@@]1(C)C(=O)[C@H](OC(=O)C3CC3)C3=C(C)[C@@H](OC(=O)[C@H](OC(=O)Cc4cc(F)ccc4SSC(C)CCC(=O)NNC(=O)CCCC[C@@H]4SC[C@@H]5NC(=O)N[C@@H]54)[C@H](C=C(C)C)NC(=O)OC(C)(C)C)C[C@@](O)([C@@H](OC(=O)c4cccc(F)c4)[C@H]21)C3(C)C. The number of ketones is 1. The van der Waals surface area contributed by atoms with E-state index in [-0.39, 0.29) is 76.1 Å². The molecule has 6 fully saturated rings. The molecule has 2 bridgehead atoms. The summed E-state index contributed by atoms with van der Waals surface area (Å²) >= 11 is 1.79. The van der Waals surface area contributed by atoms with Gasteiger partial charge < -0.3 is 59.3 Å². The molecule has 530 valence electrons. The van der Waals surface area contributed by atoms with Crippen molar-refractivity contribution in [2.75, 3.05) is 12.4 Å². The molecule has 24 nitrogen and oxygen atoms in total. The maximum Gasteiger partial charge on any atom is 0.408 e. The number of aliphatic hydroxyl groups excluding tert-OH is 1. The van der Waals surface area contributed by atoms with Gasteiger partial charge in [0, 0.05) is 59.2 Å². The number of esters is 5. The standard InChI is InChI=1S/C68H87F2N5O19S3/c1-33(2)25-42(72-63(86)94-64(6,7)8)54(90-51(80)28-39-27-41(70)22-23-45(39)97-96-34(3)19-24-50(79)75-74-49(78)18-13-12-17-46-53-43(31-95-46)71-62(85)73-53)61(84)89-44-30-68(87)58(92-60(83)38-15-14-16-40(69)26-38)56-66(11,47(77)29-48-67(56,32-88-48)93-36(5)76)57(81)55(91-59(82)37-20-21-37)52(35(44)4)65(68,9)10/h14-16,22-23,25-27,34,37,42-44,46-48,53-56,58,77,87H,12-13,17-21,24,28-32H2,1-11H3,(H,72,86)(H,74,78)(H,75,79)(H2,71,73,85)/t34?,42-,43-,44-,46-,47-,48+,53-,54+,55+,56-,58-,66+,67-,68+/m0/s1. The number of ether oxygens (including phenoxy) is 7. The molecule has 3 aliphatic heterocycles. The molecule has 7 N–H and O–H groups in total. The summed E-state index contributed by atoms with van der Waals surface area (Å²) < 4.78 is 73.1. The number of hydrazine groups is 1. The number of rotatable bonds is 24. The van der Waals surface area contributed by atoms with Crippen molar-refractivity contribution in [3.05, 3.63) is 88.0 Å². The highest BCUT2D eigenvalue weighted by atomic mass is 33.1. The van der Waals surface area contributed by atoms with Crippen LogP contribution in [0.4, 0.5) is 18.4 Å². The van der Waals surface area contributed by atoms with Gasteiger partial charge in [-0.05, 0) is 134 Å². The van der Waals surface area contributed by atoms with E-state index in [2.05, 4.69) is 26.8 Å². The van der Waals surface area contributed by atoms with Crippen LogP contribution in [0, 0.1) is 34.3 Å². The third kappa shape index (κ3) is 16.6. The van der Waals surface area contributed by atoms with Gasteiger partial charge in [-0.2, -0.15) is 11.8 Å². The Kier molecular flexibility index (Phi) is 23.0. The number of Topliss-reactive ketones (excluding diaryl/α,β-unsaturated/α-hetero) is 1. The summed E-state index contributed by atoms with van der Waals surface area (Å²) in [4.78, 5) is 140. The zero-order chi connectivity index (χ0) is 70.9. The number of alkyl carbamates (subject to hydrolysis) is 1. The smallest absolute Gasteiger partial charge is 0.408 e. The number of nitrogens with one attached hydrogen (secondary N) is 5. The van der Waals surface area contributed by atoms with E-state index >= 15 is 14.0 Å². The molecular formula is C68H87F2N5O19S3. The van der Waals surface area contributed by atoms with E-state index in [0.717, 1.165) is 43.7 Å². The summed E-state index contributed by atoms with van der Waals surface area (Å²) in [6, 6.07) is 6.59. The van der Waals surface area contributed by atoms with Crippen molar-refractivity contribution in [2.45, 2.75) is 234 Å². The van der Waals surface area contributed by atoms with E-state index in [1.54, 1.807) is 46.4 Å². The predicted molar refractivity (Wildman–Crippen MR) is 351 cm³/mol. The van der Waals surface area contributed by atoms with Crippen LogP contribution in [0.1, 0.15) is 156 Å². The lowest BCUT2D eigenvalue weighted by Crippen LogP contribution is -2.82. The van der Waals surface area contributed by atoms with E-state index in [1.807, 2.05) is 6.92 Å². The van der Waals surface area contributed by atoms with Crippen molar-refractivity contribution in [3.8, 4) is 0 Å². The van der Waals surface area contributed by atoms with Gasteiger partial charge in [0.15, 0.2) is 17.5 Å². The Balaban J connectivity index is 0.981. The Morgan fingerprint density at radius 3 is 2.27 bits per heavy atom. The molecule has 7 aliphatic rings. The fourth-order valence-electron chi connectivity index (χ4n) is 14.1. The Bertz CT molecular complexity index is 3490. The number of hydrogen-bond acceptors (Lipinski definition) is 22. The number of amides is 5. The van der Waals surface area contributed by atoms with Crippen molar-refractivity contribution in [3.63, 3.8) is 0 Å². The molecule has 9 rings (SSSR count). The van der Waals surface area contributed by atoms with Crippen LogP contribution in [0.5, 0.6) is 0 Å². The number of allylic oxidation sites excluding steroid dienone is 1. The zero-order valence-electron chi connectivity index (χ0n) is 56.1. The number of unbranched alkanes of at least 4 members (excludes halogenated alkanes) is 1.